The Morgan fingerprint density at radius 1 is 1.03 bits per heavy atom. The molecular formula is C26H26ClFN2O. The molecule has 31 heavy (non-hydrogen) atoms. The van der Waals surface area contributed by atoms with Gasteiger partial charge in [0.2, 0.25) is 0 Å². The maximum Gasteiger partial charge on any atom is 0.258 e. The molecule has 0 bridgehead atoms. The van der Waals surface area contributed by atoms with Crippen LogP contribution in [0.25, 0.3) is 0 Å². The third kappa shape index (κ3) is 5.33. The van der Waals surface area contributed by atoms with E-state index < -0.39 is 0 Å². The zero-order valence-electron chi connectivity index (χ0n) is 17.6. The van der Waals surface area contributed by atoms with E-state index in [1.165, 1.54) is 17.7 Å². The van der Waals surface area contributed by atoms with Gasteiger partial charge in [-0.1, -0.05) is 41.4 Å². The van der Waals surface area contributed by atoms with E-state index in [0.717, 1.165) is 48.7 Å². The number of likely N-dealkylation sites (tertiary alicyclic amines) is 1. The number of anilines is 1. The maximum atomic E-state index is 13.5. The number of hydrogen-bond donors (Lipinski definition) is 0. The Balaban J connectivity index is 1.51. The van der Waals surface area contributed by atoms with Crippen molar-refractivity contribution in [3.8, 4) is 0 Å². The molecule has 1 fully saturated rings. The second-order valence-electron chi connectivity index (χ2n) is 8.15. The molecule has 1 saturated heterocycles. The molecule has 0 aliphatic carbocycles. The Hall–Kier alpha value is -2.69. The third-order valence-electron chi connectivity index (χ3n) is 5.83. The van der Waals surface area contributed by atoms with Crippen LogP contribution in [0.3, 0.4) is 0 Å². The van der Waals surface area contributed by atoms with Gasteiger partial charge in [0.1, 0.15) is 5.82 Å². The molecule has 0 N–H and O–H groups in total. The zero-order valence-corrected chi connectivity index (χ0v) is 18.4. The fraction of sp³-hybridized carbons (Fsp3) is 0.269. The van der Waals surface area contributed by atoms with Crippen molar-refractivity contribution in [1.29, 1.82) is 0 Å². The van der Waals surface area contributed by atoms with Gasteiger partial charge in [-0.2, -0.15) is 0 Å². The fourth-order valence-corrected chi connectivity index (χ4v) is 4.32. The summed E-state index contributed by atoms with van der Waals surface area (Å²) >= 11 is 5.99. The van der Waals surface area contributed by atoms with Crippen LogP contribution in [0.15, 0.2) is 72.8 Å². The number of carbonyl (C=O) groups is 1. The Labute approximate surface area is 188 Å². The highest BCUT2D eigenvalue weighted by Crippen LogP contribution is 2.27. The molecule has 160 valence electrons. The topological polar surface area (TPSA) is 23.6 Å². The van der Waals surface area contributed by atoms with Crippen molar-refractivity contribution in [1.82, 2.24) is 4.90 Å². The number of halogens is 2. The van der Waals surface area contributed by atoms with Gasteiger partial charge in [-0.25, -0.2) is 4.39 Å². The normalized spacial score (nSPS) is 15.1. The maximum absolute atomic E-state index is 13.5. The zero-order chi connectivity index (χ0) is 21.8. The van der Waals surface area contributed by atoms with E-state index in [0.29, 0.717) is 5.56 Å². The molecule has 0 unspecified atom stereocenters. The number of rotatable bonds is 5. The standard InChI is InChI=1S/C26H26ClFN2O/c1-19-3-2-4-21(17-19)26(31)30(24-11-9-23(28)10-12-24)25-13-15-29(16-14-25)18-20-5-7-22(27)8-6-20/h2-12,17,25H,13-16,18H2,1H3. The molecule has 1 amide bonds. The molecule has 3 aromatic rings. The summed E-state index contributed by atoms with van der Waals surface area (Å²) in [7, 11) is 0. The lowest BCUT2D eigenvalue weighted by atomic mass is 9.99. The van der Waals surface area contributed by atoms with Crippen molar-refractivity contribution < 1.29 is 9.18 Å². The number of benzene rings is 3. The first-order chi connectivity index (χ1) is 15.0. The molecule has 3 nitrogen and oxygen atoms in total. The van der Waals surface area contributed by atoms with Crippen molar-refractivity contribution in [3.05, 3.63) is 100 Å². The van der Waals surface area contributed by atoms with Crippen LogP contribution in [0.5, 0.6) is 0 Å². The molecule has 1 heterocycles. The number of carbonyl (C=O) groups excluding carboxylic acids is 1. The molecule has 0 aromatic heterocycles. The van der Waals surface area contributed by atoms with Crippen molar-refractivity contribution in [2.45, 2.75) is 32.4 Å². The first-order valence-electron chi connectivity index (χ1n) is 10.6. The average molecular weight is 437 g/mol. The Bertz CT molecular complexity index is 1030. The fourth-order valence-electron chi connectivity index (χ4n) is 4.20. The highest BCUT2D eigenvalue weighted by molar-refractivity contribution is 6.30. The summed E-state index contributed by atoms with van der Waals surface area (Å²) < 4.78 is 13.5. The second kappa shape index (κ2) is 9.63. The largest absolute Gasteiger partial charge is 0.305 e. The van der Waals surface area contributed by atoms with E-state index in [-0.39, 0.29) is 17.8 Å². The third-order valence-corrected chi connectivity index (χ3v) is 6.08. The first kappa shape index (κ1) is 21.5. The SMILES string of the molecule is Cc1cccc(C(=O)N(c2ccc(F)cc2)C2CCN(Cc3ccc(Cl)cc3)CC2)c1. The van der Waals surface area contributed by atoms with Gasteiger partial charge >= 0.3 is 0 Å². The van der Waals surface area contributed by atoms with Gasteiger partial charge in [-0.15, -0.1) is 0 Å². The van der Waals surface area contributed by atoms with Crippen LogP contribution < -0.4 is 4.90 Å². The van der Waals surface area contributed by atoms with Gasteiger partial charge in [0.05, 0.1) is 0 Å². The van der Waals surface area contributed by atoms with E-state index in [2.05, 4.69) is 17.0 Å². The van der Waals surface area contributed by atoms with Gasteiger partial charge in [-0.05, 0) is 73.9 Å². The van der Waals surface area contributed by atoms with Gasteiger partial charge in [0, 0.05) is 41.9 Å². The average Bonchev–Trinajstić information content (AvgIpc) is 2.78. The minimum Gasteiger partial charge on any atom is -0.305 e. The number of amides is 1. The van der Waals surface area contributed by atoms with Crippen LogP contribution in [0.2, 0.25) is 5.02 Å². The summed E-state index contributed by atoms with van der Waals surface area (Å²) in [4.78, 5) is 17.7. The van der Waals surface area contributed by atoms with Crippen LogP contribution >= 0.6 is 11.6 Å². The lowest BCUT2D eigenvalue weighted by Crippen LogP contribution is -2.47. The van der Waals surface area contributed by atoms with Crippen molar-refractivity contribution in [2.75, 3.05) is 18.0 Å². The first-order valence-corrected chi connectivity index (χ1v) is 11.0. The second-order valence-corrected chi connectivity index (χ2v) is 8.59. The summed E-state index contributed by atoms with van der Waals surface area (Å²) in [6.07, 6.45) is 1.73. The lowest BCUT2D eigenvalue weighted by molar-refractivity contribution is 0.0958. The van der Waals surface area contributed by atoms with Crippen molar-refractivity contribution >= 4 is 23.2 Å². The monoisotopic (exact) mass is 436 g/mol. The highest BCUT2D eigenvalue weighted by atomic mass is 35.5. The summed E-state index contributed by atoms with van der Waals surface area (Å²) in [5.41, 5.74) is 3.67. The molecule has 0 atom stereocenters. The van der Waals surface area contributed by atoms with Gasteiger partial charge in [-0.3, -0.25) is 9.69 Å². The van der Waals surface area contributed by atoms with Crippen LogP contribution in [0.4, 0.5) is 10.1 Å². The molecular weight excluding hydrogens is 411 g/mol. The van der Waals surface area contributed by atoms with E-state index in [1.807, 2.05) is 48.2 Å². The number of piperidine rings is 1. The molecule has 0 radical (unpaired) electrons. The Kier molecular flexibility index (Phi) is 6.69. The number of nitrogens with zero attached hydrogens (tertiary/aromatic N) is 2. The summed E-state index contributed by atoms with van der Waals surface area (Å²) in [6, 6.07) is 21.9. The smallest absolute Gasteiger partial charge is 0.258 e. The molecule has 0 saturated carbocycles. The summed E-state index contributed by atoms with van der Waals surface area (Å²) in [5, 5.41) is 0.743. The molecule has 1 aliphatic rings. The van der Waals surface area contributed by atoms with Crippen LogP contribution in [0.1, 0.15) is 34.3 Å². The Morgan fingerprint density at radius 2 is 1.71 bits per heavy atom. The van der Waals surface area contributed by atoms with Gasteiger partial charge in [0.15, 0.2) is 0 Å². The minimum atomic E-state index is -0.301. The van der Waals surface area contributed by atoms with E-state index in [1.54, 1.807) is 12.1 Å². The van der Waals surface area contributed by atoms with E-state index >= 15 is 0 Å². The van der Waals surface area contributed by atoms with Crippen molar-refractivity contribution in [2.24, 2.45) is 0 Å². The predicted molar refractivity (Wildman–Crippen MR) is 124 cm³/mol. The van der Waals surface area contributed by atoms with Crippen LogP contribution in [-0.4, -0.2) is 29.9 Å². The summed E-state index contributed by atoms with van der Waals surface area (Å²) in [5.74, 6) is -0.337. The highest BCUT2D eigenvalue weighted by Gasteiger charge is 2.30. The van der Waals surface area contributed by atoms with E-state index in [9.17, 15) is 9.18 Å². The molecule has 5 heteroatoms. The number of aryl methyl sites for hydroxylation is 1. The van der Waals surface area contributed by atoms with Crippen LogP contribution in [0, 0.1) is 12.7 Å². The van der Waals surface area contributed by atoms with Crippen molar-refractivity contribution in [3.63, 3.8) is 0 Å². The molecule has 4 rings (SSSR count). The predicted octanol–water partition coefficient (Wildman–Crippen LogP) is 6.10. The number of hydrogen-bond acceptors (Lipinski definition) is 2. The molecule has 0 spiro atoms. The molecule has 3 aromatic carbocycles. The lowest BCUT2D eigenvalue weighted by Gasteiger charge is -2.38. The minimum absolute atomic E-state index is 0.0357. The molecule has 1 aliphatic heterocycles. The van der Waals surface area contributed by atoms with Crippen LogP contribution in [-0.2, 0) is 6.54 Å². The Morgan fingerprint density at radius 3 is 2.35 bits per heavy atom. The van der Waals surface area contributed by atoms with Gasteiger partial charge < -0.3 is 4.90 Å². The van der Waals surface area contributed by atoms with Gasteiger partial charge in [0.25, 0.3) is 5.91 Å². The quantitative estimate of drug-likeness (QED) is 0.482. The summed E-state index contributed by atoms with van der Waals surface area (Å²) in [6.45, 7) is 4.64. The van der Waals surface area contributed by atoms with E-state index in [4.69, 9.17) is 11.6 Å².